The number of rotatable bonds is 2. The van der Waals surface area contributed by atoms with E-state index in [1.54, 1.807) is 12.1 Å². The van der Waals surface area contributed by atoms with E-state index >= 15 is 0 Å². The predicted octanol–water partition coefficient (Wildman–Crippen LogP) is 0.643. The molecule has 3 amide bonds. The van der Waals surface area contributed by atoms with Gasteiger partial charge in [-0.2, -0.15) is 5.10 Å². The number of fused-ring (bicyclic) bond motifs is 1. The number of carbonyl (C=O) groups is 3. The van der Waals surface area contributed by atoms with Crippen molar-refractivity contribution in [2.24, 2.45) is 0 Å². The van der Waals surface area contributed by atoms with Crippen molar-refractivity contribution in [1.82, 2.24) is 15.1 Å². The fourth-order valence-corrected chi connectivity index (χ4v) is 2.25. The first-order valence-corrected chi connectivity index (χ1v) is 6.35. The summed E-state index contributed by atoms with van der Waals surface area (Å²) in [6.07, 6.45) is 0.00743. The molecule has 7 heteroatoms. The van der Waals surface area contributed by atoms with Gasteiger partial charge in [0, 0.05) is 6.92 Å². The number of hydrogen-bond acceptors (Lipinski definition) is 4. The monoisotopic (exact) mass is 284 g/mol. The van der Waals surface area contributed by atoms with Crippen molar-refractivity contribution in [3.8, 4) is 5.69 Å². The minimum absolute atomic E-state index is 0.00743. The number of benzene rings is 1. The molecule has 1 aromatic heterocycles. The van der Waals surface area contributed by atoms with E-state index in [9.17, 15) is 14.4 Å². The summed E-state index contributed by atoms with van der Waals surface area (Å²) in [5.74, 6) is -1.000. The second kappa shape index (κ2) is 4.86. The lowest BCUT2D eigenvalue weighted by molar-refractivity contribution is -0.119. The summed E-state index contributed by atoms with van der Waals surface area (Å²) in [7, 11) is 0. The number of aromatic nitrogens is 2. The summed E-state index contributed by atoms with van der Waals surface area (Å²) in [5.41, 5.74) is 1.28. The van der Waals surface area contributed by atoms with Crippen LogP contribution in [-0.4, -0.2) is 27.5 Å². The third-order valence-electron chi connectivity index (χ3n) is 3.06. The van der Waals surface area contributed by atoms with Crippen molar-refractivity contribution in [2.45, 2.75) is 13.3 Å². The van der Waals surface area contributed by atoms with Gasteiger partial charge in [-0.05, 0) is 12.1 Å². The highest BCUT2D eigenvalue weighted by Crippen LogP contribution is 2.26. The van der Waals surface area contributed by atoms with Crippen LogP contribution < -0.4 is 10.6 Å². The van der Waals surface area contributed by atoms with E-state index in [2.05, 4.69) is 15.7 Å². The molecule has 0 aliphatic carbocycles. The summed E-state index contributed by atoms with van der Waals surface area (Å²) in [5, 5.41) is 9.14. The van der Waals surface area contributed by atoms with Gasteiger partial charge in [0.25, 0.3) is 5.91 Å². The second-order valence-electron chi connectivity index (χ2n) is 4.65. The van der Waals surface area contributed by atoms with Crippen LogP contribution in [0.5, 0.6) is 0 Å². The Morgan fingerprint density at radius 3 is 2.67 bits per heavy atom. The lowest BCUT2D eigenvalue weighted by Crippen LogP contribution is -2.37. The van der Waals surface area contributed by atoms with E-state index in [0.29, 0.717) is 11.4 Å². The summed E-state index contributed by atoms with van der Waals surface area (Å²) in [6.45, 7) is 1.35. The van der Waals surface area contributed by atoms with Gasteiger partial charge in [0.2, 0.25) is 11.8 Å². The first-order valence-electron chi connectivity index (χ1n) is 6.35. The average molecular weight is 284 g/mol. The van der Waals surface area contributed by atoms with E-state index in [1.165, 1.54) is 11.6 Å². The Labute approximate surface area is 119 Å². The molecule has 3 rings (SSSR count). The highest BCUT2D eigenvalue weighted by atomic mass is 16.2. The number of anilines is 1. The first kappa shape index (κ1) is 13.0. The molecule has 0 atom stereocenters. The van der Waals surface area contributed by atoms with E-state index in [0.717, 1.165) is 0 Å². The normalized spacial score (nSPS) is 13.6. The van der Waals surface area contributed by atoms with Gasteiger partial charge in [-0.1, -0.05) is 18.2 Å². The molecule has 1 aliphatic heterocycles. The molecule has 0 spiro atoms. The molecule has 1 aliphatic rings. The fraction of sp³-hybridized carbons (Fsp3) is 0.143. The minimum atomic E-state index is -0.549. The number of hydrogen-bond donors (Lipinski definition) is 2. The topological polar surface area (TPSA) is 93.1 Å². The SMILES string of the molecule is CC(=O)Nc1c2c(nn1-c1ccccc1)CC(=O)NC2=O. The molecule has 0 radical (unpaired) electrons. The molecule has 0 bridgehead atoms. The van der Waals surface area contributed by atoms with Crippen molar-refractivity contribution in [3.63, 3.8) is 0 Å². The number of para-hydroxylation sites is 1. The molecule has 0 fully saturated rings. The van der Waals surface area contributed by atoms with E-state index in [4.69, 9.17) is 0 Å². The molecule has 7 nitrogen and oxygen atoms in total. The van der Waals surface area contributed by atoms with Gasteiger partial charge in [0.1, 0.15) is 11.4 Å². The largest absolute Gasteiger partial charge is 0.310 e. The Kier molecular flexibility index (Phi) is 3.02. The molecule has 2 heterocycles. The maximum Gasteiger partial charge on any atom is 0.263 e. The van der Waals surface area contributed by atoms with Crippen molar-refractivity contribution in [1.29, 1.82) is 0 Å². The number of nitrogens with zero attached hydrogens (tertiary/aromatic N) is 2. The van der Waals surface area contributed by atoms with Crippen molar-refractivity contribution in [2.75, 3.05) is 5.32 Å². The van der Waals surface area contributed by atoms with Crippen LogP contribution in [0.25, 0.3) is 5.69 Å². The highest BCUT2D eigenvalue weighted by molar-refractivity contribution is 6.13. The van der Waals surface area contributed by atoms with Crippen LogP contribution in [0.2, 0.25) is 0 Å². The molecule has 21 heavy (non-hydrogen) atoms. The molecule has 0 saturated carbocycles. The van der Waals surface area contributed by atoms with Crippen LogP contribution >= 0.6 is 0 Å². The molecule has 106 valence electrons. The molecule has 2 aromatic rings. The predicted molar refractivity (Wildman–Crippen MR) is 74.0 cm³/mol. The molecule has 0 unspecified atom stereocenters. The van der Waals surface area contributed by atoms with Crippen LogP contribution in [0.3, 0.4) is 0 Å². The first-order chi connectivity index (χ1) is 10.1. The smallest absolute Gasteiger partial charge is 0.263 e. The number of nitrogens with one attached hydrogen (secondary N) is 2. The third-order valence-corrected chi connectivity index (χ3v) is 3.06. The second-order valence-corrected chi connectivity index (χ2v) is 4.65. The Hall–Kier alpha value is -2.96. The zero-order valence-electron chi connectivity index (χ0n) is 11.2. The summed E-state index contributed by atoms with van der Waals surface area (Å²) in [4.78, 5) is 34.9. The van der Waals surface area contributed by atoms with Crippen LogP contribution in [0, 0.1) is 0 Å². The maximum atomic E-state index is 12.0. The zero-order chi connectivity index (χ0) is 15.0. The van der Waals surface area contributed by atoms with Gasteiger partial charge in [0.15, 0.2) is 0 Å². The Morgan fingerprint density at radius 1 is 1.29 bits per heavy atom. The van der Waals surface area contributed by atoms with E-state index in [-0.39, 0.29) is 23.7 Å². The Bertz CT molecular complexity index is 749. The lowest BCUT2D eigenvalue weighted by atomic mass is 10.1. The van der Waals surface area contributed by atoms with Gasteiger partial charge in [-0.3, -0.25) is 19.7 Å². The van der Waals surface area contributed by atoms with Gasteiger partial charge >= 0.3 is 0 Å². The standard InChI is InChI=1S/C14H12N4O3/c1-8(19)15-13-12-10(7-11(20)16-14(12)21)17-18(13)9-5-3-2-4-6-9/h2-6H,7H2,1H3,(H,15,19)(H,16,20,21). The molecule has 2 N–H and O–H groups in total. The van der Waals surface area contributed by atoms with Crippen molar-refractivity contribution in [3.05, 3.63) is 41.6 Å². The van der Waals surface area contributed by atoms with Gasteiger partial charge in [-0.15, -0.1) is 0 Å². The zero-order valence-corrected chi connectivity index (χ0v) is 11.2. The van der Waals surface area contributed by atoms with E-state index in [1.807, 2.05) is 18.2 Å². The van der Waals surface area contributed by atoms with Gasteiger partial charge in [0.05, 0.1) is 17.8 Å². The van der Waals surface area contributed by atoms with Crippen molar-refractivity contribution >= 4 is 23.5 Å². The van der Waals surface area contributed by atoms with Crippen LogP contribution in [0.15, 0.2) is 30.3 Å². The van der Waals surface area contributed by atoms with Gasteiger partial charge in [-0.25, -0.2) is 4.68 Å². The van der Waals surface area contributed by atoms with Crippen molar-refractivity contribution < 1.29 is 14.4 Å². The summed E-state index contributed by atoms with van der Waals surface area (Å²) >= 11 is 0. The fourth-order valence-electron chi connectivity index (χ4n) is 2.25. The average Bonchev–Trinajstić information content (AvgIpc) is 2.77. The number of amides is 3. The Balaban J connectivity index is 2.21. The minimum Gasteiger partial charge on any atom is -0.310 e. The lowest BCUT2D eigenvalue weighted by Gasteiger charge is -2.12. The van der Waals surface area contributed by atoms with Crippen LogP contribution in [-0.2, 0) is 16.0 Å². The number of carbonyl (C=O) groups excluding carboxylic acids is 3. The Morgan fingerprint density at radius 2 is 2.00 bits per heavy atom. The van der Waals surface area contributed by atoms with Crippen LogP contribution in [0.1, 0.15) is 23.0 Å². The molecular formula is C14H12N4O3. The van der Waals surface area contributed by atoms with Crippen LogP contribution in [0.4, 0.5) is 5.82 Å². The molecule has 1 aromatic carbocycles. The van der Waals surface area contributed by atoms with E-state index < -0.39 is 11.8 Å². The summed E-state index contributed by atoms with van der Waals surface area (Å²) < 4.78 is 1.46. The quantitative estimate of drug-likeness (QED) is 0.792. The van der Waals surface area contributed by atoms with Gasteiger partial charge < -0.3 is 5.32 Å². The maximum absolute atomic E-state index is 12.0. The molecular weight excluding hydrogens is 272 g/mol. The highest BCUT2D eigenvalue weighted by Gasteiger charge is 2.31. The summed E-state index contributed by atoms with van der Waals surface area (Å²) in [6, 6.07) is 9.08. The third kappa shape index (κ3) is 2.29. The number of imide groups is 1. The molecule has 0 saturated heterocycles.